The van der Waals surface area contributed by atoms with Gasteiger partial charge in [-0.1, -0.05) is 30.3 Å². The Morgan fingerprint density at radius 1 is 1.05 bits per heavy atom. The van der Waals surface area contributed by atoms with Gasteiger partial charge in [0, 0.05) is 17.7 Å². The SMILES string of the molecule is O=Cc1ccc(S(=O)(=O)C2Cc3ccccc3N2)cc1. The molecule has 0 radical (unpaired) electrons. The van der Waals surface area contributed by atoms with Gasteiger partial charge in [0.1, 0.15) is 11.7 Å². The molecule has 0 amide bonds. The van der Waals surface area contributed by atoms with E-state index in [1.807, 2.05) is 24.3 Å². The first-order valence-electron chi connectivity index (χ1n) is 6.25. The molecule has 0 saturated heterocycles. The maximum absolute atomic E-state index is 12.6. The number of carbonyl (C=O) groups is 1. The Morgan fingerprint density at radius 3 is 2.40 bits per heavy atom. The van der Waals surface area contributed by atoms with Gasteiger partial charge in [0.2, 0.25) is 0 Å². The molecule has 1 aliphatic rings. The Balaban J connectivity index is 1.92. The number of hydrogen-bond donors (Lipinski definition) is 1. The van der Waals surface area contributed by atoms with E-state index in [9.17, 15) is 13.2 Å². The van der Waals surface area contributed by atoms with Crippen molar-refractivity contribution < 1.29 is 13.2 Å². The minimum Gasteiger partial charge on any atom is -0.368 e. The van der Waals surface area contributed by atoms with Crippen molar-refractivity contribution in [2.75, 3.05) is 5.32 Å². The molecule has 2 aromatic carbocycles. The van der Waals surface area contributed by atoms with Crippen molar-refractivity contribution in [2.45, 2.75) is 16.7 Å². The normalized spacial score (nSPS) is 17.3. The molecular weight excluding hydrogens is 274 g/mol. The predicted molar refractivity (Wildman–Crippen MR) is 76.6 cm³/mol. The largest absolute Gasteiger partial charge is 0.368 e. The number of nitrogens with one attached hydrogen (secondary N) is 1. The zero-order valence-corrected chi connectivity index (χ0v) is 11.4. The molecule has 1 heterocycles. The van der Waals surface area contributed by atoms with Gasteiger partial charge in [0.15, 0.2) is 9.84 Å². The number of rotatable bonds is 3. The fourth-order valence-corrected chi connectivity index (χ4v) is 3.88. The molecule has 20 heavy (non-hydrogen) atoms. The fourth-order valence-electron chi connectivity index (χ4n) is 2.35. The molecule has 4 nitrogen and oxygen atoms in total. The van der Waals surface area contributed by atoms with Gasteiger partial charge in [-0.2, -0.15) is 0 Å². The minimum absolute atomic E-state index is 0.230. The van der Waals surface area contributed by atoms with E-state index in [2.05, 4.69) is 5.32 Å². The smallest absolute Gasteiger partial charge is 0.199 e. The third-order valence-electron chi connectivity index (χ3n) is 3.46. The van der Waals surface area contributed by atoms with Crippen molar-refractivity contribution in [1.82, 2.24) is 0 Å². The van der Waals surface area contributed by atoms with E-state index in [0.717, 1.165) is 11.3 Å². The molecule has 0 fully saturated rings. The molecule has 0 aliphatic carbocycles. The summed E-state index contributed by atoms with van der Waals surface area (Å²) < 4.78 is 25.1. The lowest BCUT2D eigenvalue weighted by molar-refractivity contribution is 0.112. The predicted octanol–water partition coefficient (Wildman–Crippen LogP) is 2.27. The van der Waals surface area contributed by atoms with Gasteiger partial charge in [-0.05, 0) is 23.8 Å². The van der Waals surface area contributed by atoms with E-state index in [0.29, 0.717) is 18.3 Å². The lowest BCUT2D eigenvalue weighted by Gasteiger charge is -2.12. The van der Waals surface area contributed by atoms with Crippen LogP contribution in [-0.2, 0) is 16.3 Å². The number of sulfone groups is 1. The van der Waals surface area contributed by atoms with E-state index in [4.69, 9.17) is 0 Å². The standard InChI is InChI=1S/C15H13NO3S/c17-10-11-5-7-13(8-6-11)20(18,19)15-9-12-3-1-2-4-14(12)16-15/h1-8,10,15-16H,9H2. The Kier molecular flexibility index (Phi) is 3.06. The first-order chi connectivity index (χ1) is 9.61. The lowest BCUT2D eigenvalue weighted by atomic mass is 10.2. The summed E-state index contributed by atoms with van der Waals surface area (Å²) in [6, 6.07) is 13.6. The fraction of sp³-hybridized carbons (Fsp3) is 0.133. The molecule has 0 bridgehead atoms. The van der Waals surface area contributed by atoms with Crippen LogP contribution in [0.15, 0.2) is 53.4 Å². The second-order valence-electron chi connectivity index (χ2n) is 4.73. The van der Waals surface area contributed by atoms with E-state index >= 15 is 0 Å². The number of carbonyl (C=O) groups excluding carboxylic acids is 1. The van der Waals surface area contributed by atoms with Crippen molar-refractivity contribution in [2.24, 2.45) is 0 Å². The van der Waals surface area contributed by atoms with Crippen LogP contribution in [0.5, 0.6) is 0 Å². The number of para-hydroxylation sites is 1. The highest BCUT2D eigenvalue weighted by Gasteiger charge is 2.32. The molecule has 2 aromatic rings. The Bertz CT molecular complexity index is 726. The van der Waals surface area contributed by atoms with E-state index < -0.39 is 15.2 Å². The summed E-state index contributed by atoms with van der Waals surface area (Å²) in [4.78, 5) is 10.8. The highest BCUT2D eigenvalue weighted by atomic mass is 32.2. The van der Waals surface area contributed by atoms with Crippen LogP contribution >= 0.6 is 0 Å². The molecule has 1 N–H and O–H groups in total. The molecule has 0 aromatic heterocycles. The Morgan fingerprint density at radius 2 is 1.75 bits per heavy atom. The second kappa shape index (κ2) is 4.76. The van der Waals surface area contributed by atoms with Crippen LogP contribution in [0, 0.1) is 0 Å². The molecule has 5 heteroatoms. The molecule has 0 spiro atoms. The number of benzene rings is 2. The van der Waals surface area contributed by atoms with Crippen LogP contribution in [0.3, 0.4) is 0 Å². The average molecular weight is 287 g/mol. The van der Waals surface area contributed by atoms with Gasteiger partial charge in [-0.3, -0.25) is 4.79 Å². The monoisotopic (exact) mass is 287 g/mol. The Labute approximate surface area is 117 Å². The number of hydrogen-bond acceptors (Lipinski definition) is 4. The minimum atomic E-state index is -3.46. The highest BCUT2D eigenvalue weighted by Crippen LogP contribution is 2.30. The van der Waals surface area contributed by atoms with Crippen LogP contribution in [-0.4, -0.2) is 20.1 Å². The Hall–Kier alpha value is -2.14. The third-order valence-corrected chi connectivity index (χ3v) is 5.42. The third kappa shape index (κ3) is 2.10. The summed E-state index contributed by atoms with van der Waals surface area (Å²) in [6.07, 6.45) is 1.15. The van der Waals surface area contributed by atoms with Crippen LogP contribution in [0.4, 0.5) is 5.69 Å². The van der Waals surface area contributed by atoms with E-state index in [1.54, 1.807) is 0 Å². The van der Waals surface area contributed by atoms with Gasteiger partial charge in [-0.15, -0.1) is 0 Å². The lowest BCUT2D eigenvalue weighted by Crippen LogP contribution is -2.27. The molecule has 3 rings (SSSR count). The second-order valence-corrected chi connectivity index (χ2v) is 6.86. The van der Waals surface area contributed by atoms with Crippen molar-refractivity contribution in [3.05, 3.63) is 59.7 Å². The maximum atomic E-state index is 12.6. The van der Waals surface area contributed by atoms with Gasteiger partial charge in [-0.25, -0.2) is 8.42 Å². The number of anilines is 1. The van der Waals surface area contributed by atoms with Crippen LogP contribution in [0.1, 0.15) is 15.9 Å². The summed E-state index contributed by atoms with van der Waals surface area (Å²) in [5.41, 5.74) is 2.34. The first-order valence-corrected chi connectivity index (χ1v) is 7.79. The van der Waals surface area contributed by atoms with Gasteiger partial charge in [0.05, 0.1) is 4.90 Å². The molecule has 0 saturated carbocycles. The summed E-state index contributed by atoms with van der Waals surface area (Å²) in [7, 11) is -3.46. The average Bonchev–Trinajstić information content (AvgIpc) is 2.92. The van der Waals surface area contributed by atoms with E-state index in [-0.39, 0.29) is 4.90 Å². The zero-order chi connectivity index (χ0) is 14.2. The maximum Gasteiger partial charge on any atom is 0.199 e. The molecule has 1 unspecified atom stereocenters. The highest BCUT2D eigenvalue weighted by molar-refractivity contribution is 7.92. The quantitative estimate of drug-likeness (QED) is 0.880. The van der Waals surface area contributed by atoms with E-state index in [1.165, 1.54) is 24.3 Å². The summed E-state index contributed by atoms with van der Waals surface area (Å²) in [6.45, 7) is 0. The number of fused-ring (bicyclic) bond motifs is 1. The van der Waals surface area contributed by atoms with Gasteiger partial charge in [0.25, 0.3) is 0 Å². The van der Waals surface area contributed by atoms with Crippen molar-refractivity contribution in [1.29, 1.82) is 0 Å². The van der Waals surface area contributed by atoms with Crippen molar-refractivity contribution in [3.8, 4) is 0 Å². The molecule has 1 atom stereocenters. The summed E-state index contributed by atoms with van der Waals surface area (Å²) in [5, 5.41) is 2.39. The number of aldehydes is 1. The molecular formula is C15H13NO3S. The van der Waals surface area contributed by atoms with Gasteiger partial charge >= 0.3 is 0 Å². The summed E-state index contributed by atoms with van der Waals surface area (Å²) in [5.74, 6) is 0. The first kappa shape index (κ1) is 12.9. The molecule has 102 valence electrons. The summed E-state index contributed by atoms with van der Waals surface area (Å²) >= 11 is 0. The topological polar surface area (TPSA) is 63.2 Å². The van der Waals surface area contributed by atoms with Crippen LogP contribution in [0.25, 0.3) is 0 Å². The van der Waals surface area contributed by atoms with Gasteiger partial charge < -0.3 is 5.32 Å². The molecule has 1 aliphatic heterocycles. The van der Waals surface area contributed by atoms with Crippen molar-refractivity contribution in [3.63, 3.8) is 0 Å². The van der Waals surface area contributed by atoms with Crippen molar-refractivity contribution >= 4 is 21.8 Å². The van der Waals surface area contributed by atoms with Crippen LogP contribution < -0.4 is 5.32 Å². The zero-order valence-electron chi connectivity index (χ0n) is 10.6. The van der Waals surface area contributed by atoms with Crippen LogP contribution in [0.2, 0.25) is 0 Å².